The Bertz CT molecular complexity index is 1220. The van der Waals surface area contributed by atoms with Crippen LogP contribution in [0.25, 0.3) is 11.1 Å². The molecule has 1 unspecified atom stereocenters. The predicted molar refractivity (Wildman–Crippen MR) is 133 cm³/mol. The number of ether oxygens (including phenoxy) is 1. The van der Waals surface area contributed by atoms with E-state index in [4.69, 9.17) is 22.1 Å². The normalized spacial score (nSPS) is 15.1. The molecule has 4 rings (SSSR count). The fourth-order valence-electron chi connectivity index (χ4n) is 3.83. The van der Waals surface area contributed by atoms with E-state index in [1.165, 1.54) is 0 Å². The lowest BCUT2D eigenvalue weighted by Crippen LogP contribution is -2.48. The number of hydrogen-bond donors (Lipinski definition) is 2. The van der Waals surface area contributed by atoms with Crippen LogP contribution in [0, 0.1) is 11.6 Å². The second-order valence-corrected chi connectivity index (χ2v) is 8.80. The predicted octanol–water partition coefficient (Wildman–Crippen LogP) is 5.18. The maximum absolute atomic E-state index is 14.3. The van der Waals surface area contributed by atoms with E-state index >= 15 is 0 Å². The van der Waals surface area contributed by atoms with Crippen molar-refractivity contribution in [1.82, 2.24) is 14.8 Å². The van der Waals surface area contributed by atoms with Crippen LogP contribution in [0.4, 0.5) is 25.1 Å². The quantitative estimate of drug-likeness (QED) is 0.470. The smallest absolute Gasteiger partial charge is 0.321 e. The first-order chi connectivity index (χ1) is 16.7. The molecule has 1 aliphatic rings. The molecule has 1 atom stereocenters. The van der Waals surface area contributed by atoms with Gasteiger partial charge in [-0.05, 0) is 49.9 Å². The Hall–Kier alpha value is -3.43. The number of rotatable bonds is 5. The average Bonchev–Trinajstić information content (AvgIpc) is 2.84. The summed E-state index contributed by atoms with van der Waals surface area (Å²) in [4.78, 5) is 20.6. The number of nitrogens with zero attached hydrogens (tertiary/aromatic N) is 3. The van der Waals surface area contributed by atoms with Gasteiger partial charge in [0.05, 0.1) is 5.02 Å². The van der Waals surface area contributed by atoms with E-state index in [1.807, 2.05) is 19.2 Å². The number of hydrogen-bond acceptors (Lipinski definition) is 5. The van der Waals surface area contributed by atoms with Crippen LogP contribution in [0.15, 0.2) is 48.7 Å². The van der Waals surface area contributed by atoms with Crippen molar-refractivity contribution in [2.24, 2.45) is 0 Å². The zero-order chi connectivity index (χ0) is 25.1. The van der Waals surface area contributed by atoms with Crippen LogP contribution >= 0.6 is 11.6 Å². The second kappa shape index (κ2) is 10.5. The van der Waals surface area contributed by atoms with E-state index in [1.54, 1.807) is 36.2 Å². The van der Waals surface area contributed by atoms with Crippen LogP contribution in [-0.4, -0.2) is 54.0 Å². The van der Waals surface area contributed by atoms with Gasteiger partial charge in [0.15, 0.2) is 11.6 Å². The summed E-state index contributed by atoms with van der Waals surface area (Å²) in [5.74, 6) is -1.11. The van der Waals surface area contributed by atoms with Crippen molar-refractivity contribution in [2.75, 3.05) is 44.3 Å². The number of carbonyl (C=O) groups excluding carboxylic acids is 1. The number of halogens is 3. The Balaban J connectivity index is 1.47. The Kier molecular flexibility index (Phi) is 7.37. The molecule has 0 bridgehead atoms. The van der Waals surface area contributed by atoms with Crippen LogP contribution in [0.5, 0.6) is 5.75 Å². The molecular formula is C25H26ClF2N5O2. The SMILES string of the molecule is CC(Oc1cc(-c2ccc(NC(=O)N3CCN(C)CC3)cc2)cnc1N)c1c(F)ccc(F)c1Cl. The molecule has 1 aliphatic heterocycles. The number of pyridine rings is 1. The maximum atomic E-state index is 14.3. The lowest BCUT2D eigenvalue weighted by Gasteiger charge is -2.32. The molecule has 10 heteroatoms. The summed E-state index contributed by atoms with van der Waals surface area (Å²) in [5, 5.41) is 2.58. The Morgan fingerprint density at radius 3 is 2.43 bits per heavy atom. The highest BCUT2D eigenvalue weighted by atomic mass is 35.5. The van der Waals surface area contributed by atoms with Crippen molar-refractivity contribution >= 4 is 29.1 Å². The molecule has 184 valence electrons. The first-order valence-electron chi connectivity index (χ1n) is 11.1. The summed E-state index contributed by atoms with van der Waals surface area (Å²) < 4.78 is 33.9. The number of nitrogens with two attached hydrogens (primary N) is 1. The van der Waals surface area contributed by atoms with Crippen molar-refractivity contribution < 1.29 is 18.3 Å². The van der Waals surface area contributed by atoms with Gasteiger partial charge in [-0.3, -0.25) is 0 Å². The van der Waals surface area contributed by atoms with Crippen molar-refractivity contribution in [3.63, 3.8) is 0 Å². The van der Waals surface area contributed by atoms with Gasteiger partial charge in [0, 0.05) is 49.2 Å². The molecule has 7 nitrogen and oxygen atoms in total. The molecule has 2 aromatic carbocycles. The monoisotopic (exact) mass is 501 g/mol. The number of likely N-dealkylation sites (N-methyl/N-ethyl adjacent to an activating group) is 1. The van der Waals surface area contributed by atoms with Crippen molar-refractivity contribution in [2.45, 2.75) is 13.0 Å². The summed E-state index contributed by atoms with van der Waals surface area (Å²) in [6.07, 6.45) is 0.671. The molecule has 3 aromatic rings. The van der Waals surface area contributed by atoms with E-state index in [0.29, 0.717) is 24.3 Å². The van der Waals surface area contributed by atoms with E-state index in [-0.39, 0.29) is 28.2 Å². The molecule has 0 radical (unpaired) electrons. The van der Waals surface area contributed by atoms with Gasteiger partial charge in [-0.2, -0.15) is 0 Å². The van der Waals surface area contributed by atoms with Gasteiger partial charge in [0.2, 0.25) is 0 Å². The van der Waals surface area contributed by atoms with Gasteiger partial charge in [-0.25, -0.2) is 18.6 Å². The number of benzene rings is 2. The first kappa shape index (κ1) is 24.7. The molecule has 1 fully saturated rings. The third-order valence-electron chi connectivity index (χ3n) is 5.93. The van der Waals surface area contributed by atoms with Crippen molar-refractivity contribution in [1.29, 1.82) is 0 Å². The molecule has 0 spiro atoms. The first-order valence-corrected chi connectivity index (χ1v) is 11.5. The van der Waals surface area contributed by atoms with E-state index in [0.717, 1.165) is 30.8 Å². The minimum atomic E-state index is -0.912. The Labute approximate surface area is 207 Å². The minimum absolute atomic E-state index is 0.100. The van der Waals surface area contributed by atoms with Gasteiger partial charge >= 0.3 is 6.03 Å². The largest absolute Gasteiger partial charge is 0.482 e. The van der Waals surface area contributed by atoms with Gasteiger partial charge in [-0.1, -0.05) is 23.7 Å². The average molecular weight is 502 g/mol. The van der Waals surface area contributed by atoms with Gasteiger partial charge in [-0.15, -0.1) is 0 Å². The molecule has 0 saturated carbocycles. The Morgan fingerprint density at radius 1 is 1.09 bits per heavy atom. The lowest BCUT2D eigenvalue weighted by molar-refractivity contribution is 0.164. The summed E-state index contributed by atoms with van der Waals surface area (Å²) in [6.45, 7) is 4.61. The third-order valence-corrected chi connectivity index (χ3v) is 6.32. The van der Waals surface area contributed by atoms with Gasteiger partial charge in [0.1, 0.15) is 17.7 Å². The zero-order valence-corrected chi connectivity index (χ0v) is 20.1. The summed E-state index contributed by atoms with van der Waals surface area (Å²) >= 11 is 5.96. The minimum Gasteiger partial charge on any atom is -0.482 e. The van der Waals surface area contributed by atoms with Crippen LogP contribution in [0.1, 0.15) is 18.6 Å². The number of nitrogen functional groups attached to an aromatic ring is 1. The van der Waals surface area contributed by atoms with E-state index in [2.05, 4.69) is 15.2 Å². The standard InChI is InChI=1S/C25H26ClF2N5O2/c1-15(22-19(27)7-8-20(28)23(22)26)35-21-13-17(14-30-24(21)29)16-3-5-18(6-4-16)31-25(34)33-11-9-32(2)10-12-33/h3-8,13-15H,9-12H2,1-2H3,(H2,29,30)(H,31,34). The highest BCUT2D eigenvalue weighted by Gasteiger charge is 2.21. The van der Waals surface area contributed by atoms with Gasteiger partial charge < -0.3 is 25.6 Å². The lowest BCUT2D eigenvalue weighted by atomic mass is 10.1. The number of carbonyl (C=O) groups is 1. The topological polar surface area (TPSA) is 83.7 Å². The Morgan fingerprint density at radius 2 is 1.74 bits per heavy atom. The number of anilines is 2. The summed E-state index contributed by atoms with van der Waals surface area (Å²) in [6, 6.07) is 10.8. The van der Waals surface area contributed by atoms with Gasteiger partial charge in [0.25, 0.3) is 0 Å². The van der Waals surface area contributed by atoms with E-state index in [9.17, 15) is 13.6 Å². The molecule has 3 N–H and O–H groups in total. The number of nitrogens with one attached hydrogen (secondary N) is 1. The number of urea groups is 1. The van der Waals surface area contributed by atoms with Crippen LogP contribution in [-0.2, 0) is 0 Å². The fraction of sp³-hybridized carbons (Fsp3) is 0.280. The summed E-state index contributed by atoms with van der Waals surface area (Å²) in [7, 11) is 2.03. The zero-order valence-electron chi connectivity index (χ0n) is 19.4. The third kappa shape index (κ3) is 5.63. The summed E-state index contributed by atoms with van der Waals surface area (Å²) in [5.41, 5.74) is 8.04. The number of aromatic nitrogens is 1. The van der Waals surface area contributed by atoms with E-state index < -0.39 is 17.7 Å². The number of amides is 2. The molecule has 1 saturated heterocycles. The van der Waals surface area contributed by atoms with Crippen LogP contribution < -0.4 is 15.8 Å². The number of piperazine rings is 1. The molecule has 2 heterocycles. The molecule has 0 aliphatic carbocycles. The highest BCUT2D eigenvalue weighted by molar-refractivity contribution is 6.31. The fourth-order valence-corrected chi connectivity index (χ4v) is 4.14. The highest BCUT2D eigenvalue weighted by Crippen LogP contribution is 2.35. The van der Waals surface area contributed by atoms with Crippen LogP contribution in [0.2, 0.25) is 5.02 Å². The second-order valence-electron chi connectivity index (χ2n) is 8.42. The maximum Gasteiger partial charge on any atom is 0.321 e. The van der Waals surface area contributed by atoms with Crippen molar-refractivity contribution in [3.8, 4) is 16.9 Å². The molecule has 1 aromatic heterocycles. The van der Waals surface area contributed by atoms with Crippen LogP contribution in [0.3, 0.4) is 0 Å². The molecular weight excluding hydrogens is 476 g/mol. The molecule has 2 amide bonds. The van der Waals surface area contributed by atoms with Crippen molar-refractivity contribution in [3.05, 3.63) is 70.9 Å². The molecule has 35 heavy (non-hydrogen) atoms.